The second kappa shape index (κ2) is 8.42. The second-order valence-corrected chi connectivity index (χ2v) is 6.11. The molecule has 0 amide bonds. The van der Waals surface area contributed by atoms with Gasteiger partial charge in [-0.2, -0.15) is 0 Å². The topological polar surface area (TPSA) is 68.9 Å². The van der Waals surface area contributed by atoms with Crippen LogP contribution in [0, 0.1) is 0 Å². The number of ether oxygens (including phenoxy) is 2. The summed E-state index contributed by atoms with van der Waals surface area (Å²) >= 11 is 0. The summed E-state index contributed by atoms with van der Waals surface area (Å²) < 4.78 is 15.9. The maximum Gasteiger partial charge on any atom is 0.382 e. The Morgan fingerprint density at radius 3 is 2.68 bits per heavy atom. The minimum atomic E-state index is -0.837. The molecule has 1 heterocycles. The molecule has 1 aromatic carbocycles. The van der Waals surface area contributed by atoms with Crippen LogP contribution in [0.15, 0.2) is 50.7 Å². The number of aromatic hydroxyl groups is 1. The first-order valence-electron chi connectivity index (χ1n) is 8.18. The van der Waals surface area contributed by atoms with Crippen LogP contribution in [0.25, 0.3) is 11.0 Å². The average molecular weight is 344 g/mol. The molecule has 0 aliphatic carbocycles. The van der Waals surface area contributed by atoms with Crippen molar-refractivity contribution in [2.75, 3.05) is 13.7 Å². The first kappa shape index (κ1) is 18.6. The molecule has 0 aliphatic rings. The molecule has 25 heavy (non-hydrogen) atoms. The van der Waals surface area contributed by atoms with E-state index in [0.717, 1.165) is 12.8 Å². The molecule has 0 aliphatic heterocycles. The largest absolute Gasteiger partial charge is 0.499 e. The van der Waals surface area contributed by atoms with Crippen LogP contribution in [0.4, 0.5) is 0 Å². The highest BCUT2D eigenvalue weighted by atomic mass is 16.5. The van der Waals surface area contributed by atoms with E-state index in [1.54, 1.807) is 18.2 Å². The van der Waals surface area contributed by atoms with Gasteiger partial charge in [0, 0.05) is 6.07 Å². The first-order chi connectivity index (χ1) is 11.9. The van der Waals surface area contributed by atoms with Gasteiger partial charge in [0.2, 0.25) is 5.75 Å². The van der Waals surface area contributed by atoms with Crippen molar-refractivity contribution >= 4 is 11.0 Å². The van der Waals surface area contributed by atoms with Crippen molar-refractivity contribution in [3.05, 3.63) is 51.9 Å². The van der Waals surface area contributed by atoms with Crippen LogP contribution in [-0.4, -0.2) is 18.8 Å². The van der Waals surface area contributed by atoms with Gasteiger partial charge in [0.25, 0.3) is 0 Å². The minimum Gasteiger partial charge on any atom is -0.499 e. The van der Waals surface area contributed by atoms with E-state index in [9.17, 15) is 9.90 Å². The third-order valence-electron chi connectivity index (χ3n) is 3.79. The molecule has 0 fully saturated rings. The standard InChI is InChI=1S/C20H24O5/c1-13(2)6-5-7-14(3)10-11-24-15-8-9-16-17(12-15)25-20(22)18(21)19(16)23-4/h6,8-10,12,21H,5,7,11H2,1-4H3/b14-10+. The van der Waals surface area contributed by atoms with Gasteiger partial charge in [-0.1, -0.05) is 17.2 Å². The molecule has 0 spiro atoms. The van der Waals surface area contributed by atoms with E-state index in [4.69, 9.17) is 13.9 Å². The number of hydrogen-bond donors (Lipinski definition) is 1. The van der Waals surface area contributed by atoms with E-state index >= 15 is 0 Å². The summed E-state index contributed by atoms with van der Waals surface area (Å²) in [6.45, 7) is 6.70. The van der Waals surface area contributed by atoms with Crippen LogP contribution in [0.3, 0.4) is 0 Å². The summed E-state index contributed by atoms with van der Waals surface area (Å²) in [5.74, 6) is 0.156. The van der Waals surface area contributed by atoms with E-state index < -0.39 is 11.4 Å². The zero-order valence-corrected chi connectivity index (χ0v) is 15.1. The van der Waals surface area contributed by atoms with Gasteiger partial charge < -0.3 is 19.0 Å². The van der Waals surface area contributed by atoms with Crippen molar-refractivity contribution < 1.29 is 19.0 Å². The molecule has 5 nitrogen and oxygen atoms in total. The summed E-state index contributed by atoms with van der Waals surface area (Å²) in [7, 11) is 1.39. The van der Waals surface area contributed by atoms with Crippen LogP contribution in [-0.2, 0) is 0 Å². The number of fused-ring (bicyclic) bond motifs is 1. The lowest BCUT2D eigenvalue weighted by Crippen LogP contribution is -2.01. The molecule has 0 unspecified atom stereocenters. The van der Waals surface area contributed by atoms with Gasteiger partial charge in [0.15, 0.2) is 5.75 Å². The highest BCUT2D eigenvalue weighted by molar-refractivity contribution is 5.86. The SMILES string of the molecule is COc1c(O)c(=O)oc2cc(OC/C=C(\C)CCC=C(C)C)ccc12. The molecule has 2 aromatic rings. The quantitative estimate of drug-likeness (QED) is 0.588. The Morgan fingerprint density at radius 1 is 1.24 bits per heavy atom. The molecule has 0 saturated carbocycles. The predicted octanol–water partition coefficient (Wildman–Crippen LogP) is 4.58. The molecule has 0 bridgehead atoms. The normalized spacial score (nSPS) is 11.4. The Morgan fingerprint density at radius 2 is 2.00 bits per heavy atom. The van der Waals surface area contributed by atoms with Gasteiger partial charge in [-0.25, -0.2) is 4.79 Å². The smallest absolute Gasteiger partial charge is 0.382 e. The summed E-state index contributed by atoms with van der Waals surface area (Å²) in [5, 5.41) is 10.2. The molecule has 0 atom stereocenters. The molecule has 2 rings (SSSR count). The van der Waals surface area contributed by atoms with Gasteiger partial charge in [-0.3, -0.25) is 0 Å². The Hall–Kier alpha value is -2.69. The monoisotopic (exact) mass is 344 g/mol. The van der Waals surface area contributed by atoms with Crippen molar-refractivity contribution in [1.29, 1.82) is 0 Å². The van der Waals surface area contributed by atoms with Crippen molar-refractivity contribution in [2.45, 2.75) is 33.6 Å². The number of hydrogen-bond acceptors (Lipinski definition) is 5. The molecule has 1 N–H and O–H groups in total. The number of rotatable bonds is 7. The van der Waals surface area contributed by atoms with Crippen LogP contribution in [0.5, 0.6) is 17.2 Å². The van der Waals surface area contributed by atoms with Crippen molar-refractivity contribution in [3.63, 3.8) is 0 Å². The minimum absolute atomic E-state index is 0.104. The van der Waals surface area contributed by atoms with Crippen molar-refractivity contribution in [2.24, 2.45) is 0 Å². The van der Waals surface area contributed by atoms with Gasteiger partial charge in [0.1, 0.15) is 17.9 Å². The fourth-order valence-corrected chi connectivity index (χ4v) is 2.41. The molecular formula is C20H24O5. The predicted molar refractivity (Wildman–Crippen MR) is 98.6 cm³/mol. The summed E-state index contributed by atoms with van der Waals surface area (Å²) in [6, 6.07) is 5.05. The zero-order valence-electron chi connectivity index (χ0n) is 15.1. The highest BCUT2D eigenvalue weighted by Crippen LogP contribution is 2.33. The maximum atomic E-state index is 11.6. The summed E-state index contributed by atoms with van der Waals surface area (Å²) in [6.07, 6.45) is 6.27. The lowest BCUT2D eigenvalue weighted by Gasteiger charge is -2.08. The van der Waals surface area contributed by atoms with Crippen molar-refractivity contribution in [1.82, 2.24) is 0 Å². The van der Waals surface area contributed by atoms with E-state index in [2.05, 4.69) is 26.8 Å². The fraction of sp³-hybridized carbons (Fsp3) is 0.350. The van der Waals surface area contributed by atoms with E-state index in [1.807, 2.05) is 6.08 Å². The molecular weight excluding hydrogens is 320 g/mol. The molecule has 1 aromatic heterocycles. The molecule has 5 heteroatoms. The molecule has 0 saturated heterocycles. The van der Waals surface area contributed by atoms with Gasteiger partial charge in [-0.05, 0) is 51.8 Å². The average Bonchev–Trinajstić information content (AvgIpc) is 2.56. The van der Waals surface area contributed by atoms with E-state index in [0.29, 0.717) is 23.3 Å². The number of benzene rings is 1. The number of methoxy groups -OCH3 is 1. The Labute approximate surface area is 147 Å². The van der Waals surface area contributed by atoms with Crippen LogP contribution < -0.4 is 15.1 Å². The second-order valence-electron chi connectivity index (χ2n) is 6.11. The Kier molecular flexibility index (Phi) is 6.28. The highest BCUT2D eigenvalue weighted by Gasteiger charge is 2.14. The molecule has 0 radical (unpaired) electrons. The van der Waals surface area contributed by atoms with Gasteiger partial charge in [-0.15, -0.1) is 0 Å². The first-order valence-corrected chi connectivity index (χ1v) is 8.18. The van der Waals surface area contributed by atoms with Gasteiger partial charge >= 0.3 is 5.63 Å². The van der Waals surface area contributed by atoms with E-state index in [-0.39, 0.29) is 5.75 Å². The fourth-order valence-electron chi connectivity index (χ4n) is 2.41. The van der Waals surface area contributed by atoms with Crippen molar-refractivity contribution in [3.8, 4) is 17.2 Å². The summed E-state index contributed by atoms with van der Waals surface area (Å²) in [5.41, 5.74) is 2.05. The van der Waals surface area contributed by atoms with Crippen LogP contribution in [0.2, 0.25) is 0 Å². The van der Waals surface area contributed by atoms with E-state index in [1.165, 1.54) is 18.3 Å². The molecule has 134 valence electrons. The third-order valence-corrected chi connectivity index (χ3v) is 3.79. The third kappa shape index (κ3) is 4.89. The number of allylic oxidation sites excluding steroid dienone is 3. The Bertz CT molecular complexity index is 854. The van der Waals surface area contributed by atoms with Crippen LogP contribution >= 0.6 is 0 Å². The Balaban J connectivity index is 2.09. The summed E-state index contributed by atoms with van der Waals surface area (Å²) in [4.78, 5) is 11.6. The zero-order chi connectivity index (χ0) is 18.4. The lowest BCUT2D eigenvalue weighted by molar-refractivity contribution is 0.353. The van der Waals surface area contributed by atoms with Crippen LogP contribution in [0.1, 0.15) is 33.6 Å². The lowest BCUT2D eigenvalue weighted by atomic mass is 10.1. The van der Waals surface area contributed by atoms with Gasteiger partial charge in [0.05, 0.1) is 12.5 Å². The maximum absolute atomic E-state index is 11.6.